The zero-order chi connectivity index (χ0) is 21.1. The van der Waals surface area contributed by atoms with E-state index in [1.54, 1.807) is 30.4 Å². The molecular weight excluding hydrogens is 420 g/mol. The number of fused-ring (bicyclic) bond motifs is 1. The van der Waals surface area contributed by atoms with E-state index < -0.39 is 6.10 Å². The Hall–Kier alpha value is -2.05. The van der Waals surface area contributed by atoms with Gasteiger partial charge >= 0.3 is 0 Å². The molecular formula is C23H27ClN2O3S. The molecule has 2 aromatic rings. The number of nitrogens with zero attached hydrogens (tertiary/aromatic N) is 2. The maximum atomic E-state index is 13.2. The van der Waals surface area contributed by atoms with Crippen LogP contribution in [0.4, 0.5) is 0 Å². The van der Waals surface area contributed by atoms with Gasteiger partial charge in [0, 0.05) is 35.6 Å². The topological polar surface area (TPSA) is 49.9 Å². The van der Waals surface area contributed by atoms with Crippen molar-refractivity contribution in [3.63, 3.8) is 0 Å². The van der Waals surface area contributed by atoms with Crippen LogP contribution in [0.2, 0.25) is 5.02 Å². The highest BCUT2D eigenvalue weighted by Crippen LogP contribution is 2.32. The zero-order valence-electron chi connectivity index (χ0n) is 17.1. The van der Waals surface area contributed by atoms with E-state index in [0.717, 1.165) is 37.2 Å². The second-order valence-electron chi connectivity index (χ2n) is 8.10. The number of ether oxygens (including phenoxy) is 1. The van der Waals surface area contributed by atoms with Gasteiger partial charge in [0.2, 0.25) is 5.91 Å². The van der Waals surface area contributed by atoms with Crippen LogP contribution in [0.15, 0.2) is 41.8 Å². The Kier molecular flexibility index (Phi) is 6.64. The van der Waals surface area contributed by atoms with Crippen LogP contribution >= 0.6 is 22.9 Å². The quantitative estimate of drug-likeness (QED) is 0.689. The SMILES string of the molecule is CC(Oc1cccc(Cl)c1)C(=O)N1CCC[C@@H]2CN(C(=O)Cc3cccs3)CC[C@@H]21. The first kappa shape index (κ1) is 21.2. The number of carbonyl (C=O) groups is 2. The zero-order valence-corrected chi connectivity index (χ0v) is 18.7. The normalized spacial score (nSPS) is 22.3. The van der Waals surface area contributed by atoms with Gasteiger partial charge in [-0.25, -0.2) is 0 Å². The predicted octanol–water partition coefficient (Wildman–Crippen LogP) is 4.25. The van der Waals surface area contributed by atoms with Crippen molar-refractivity contribution in [3.8, 4) is 5.75 Å². The van der Waals surface area contributed by atoms with Crippen molar-refractivity contribution in [2.24, 2.45) is 5.92 Å². The number of rotatable bonds is 5. The number of hydrogen-bond donors (Lipinski definition) is 0. The average Bonchev–Trinajstić information content (AvgIpc) is 3.25. The van der Waals surface area contributed by atoms with Crippen LogP contribution in [0.3, 0.4) is 0 Å². The Labute approximate surface area is 186 Å². The fraction of sp³-hybridized carbons (Fsp3) is 0.478. The maximum Gasteiger partial charge on any atom is 0.263 e. The summed E-state index contributed by atoms with van der Waals surface area (Å²) in [5.41, 5.74) is 0. The van der Waals surface area contributed by atoms with Gasteiger partial charge in [0.15, 0.2) is 6.10 Å². The fourth-order valence-corrected chi connectivity index (χ4v) is 5.48. The molecule has 0 spiro atoms. The van der Waals surface area contributed by atoms with Gasteiger partial charge in [-0.3, -0.25) is 9.59 Å². The first-order valence-electron chi connectivity index (χ1n) is 10.5. The van der Waals surface area contributed by atoms with Gasteiger partial charge in [-0.15, -0.1) is 11.3 Å². The van der Waals surface area contributed by atoms with Gasteiger partial charge in [0.05, 0.1) is 6.42 Å². The van der Waals surface area contributed by atoms with E-state index in [0.29, 0.717) is 29.7 Å². The molecule has 0 N–H and O–H groups in total. The van der Waals surface area contributed by atoms with Gasteiger partial charge in [0.25, 0.3) is 5.91 Å². The third kappa shape index (κ3) is 4.81. The first-order valence-corrected chi connectivity index (χ1v) is 11.8. The van der Waals surface area contributed by atoms with Crippen molar-refractivity contribution in [1.29, 1.82) is 0 Å². The third-order valence-corrected chi connectivity index (χ3v) is 7.18. The van der Waals surface area contributed by atoms with Gasteiger partial charge < -0.3 is 14.5 Å². The molecule has 2 aliphatic heterocycles. The molecule has 3 atom stereocenters. The van der Waals surface area contributed by atoms with Crippen molar-refractivity contribution in [2.45, 2.75) is 44.8 Å². The molecule has 160 valence electrons. The summed E-state index contributed by atoms with van der Waals surface area (Å²) in [7, 11) is 0. The maximum absolute atomic E-state index is 13.2. The lowest BCUT2D eigenvalue weighted by Crippen LogP contribution is -2.58. The molecule has 0 saturated carbocycles. The second kappa shape index (κ2) is 9.40. The lowest BCUT2D eigenvalue weighted by atomic mass is 9.83. The summed E-state index contributed by atoms with van der Waals surface area (Å²) >= 11 is 7.65. The largest absolute Gasteiger partial charge is 0.481 e. The molecule has 2 fully saturated rings. The molecule has 1 aromatic carbocycles. The van der Waals surface area contributed by atoms with E-state index in [-0.39, 0.29) is 17.9 Å². The highest BCUT2D eigenvalue weighted by atomic mass is 35.5. The number of piperidine rings is 2. The number of amides is 2. The van der Waals surface area contributed by atoms with Crippen LogP contribution in [0.5, 0.6) is 5.75 Å². The van der Waals surface area contributed by atoms with E-state index in [4.69, 9.17) is 16.3 Å². The molecule has 1 unspecified atom stereocenters. The number of benzene rings is 1. The average molecular weight is 447 g/mol. The monoisotopic (exact) mass is 446 g/mol. The minimum Gasteiger partial charge on any atom is -0.481 e. The van der Waals surface area contributed by atoms with Gasteiger partial charge in [-0.1, -0.05) is 23.7 Å². The van der Waals surface area contributed by atoms with Gasteiger partial charge in [-0.2, -0.15) is 0 Å². The molecule has 2 saturated heterocycles. The van der Waals surface area contributed by atoms with Crippen molar-refractivity contribution in [1.82, 2.24) is 9.80 Å². The molecule has 0 radical (unpaired) electrons. The Bertz CT molecular complexity index is 888. The molecule has 3 heterocycles. The summed E-state index contributed by atoms with van der Waals surface area (Å²) in [6.45, 7) is 4.00. The van der Waals surface area contributed by atoms with E-state index in [2.05, 4.69) is 0 Å². The lowest BCUT2D eigenvalue weighted by molar-refractivity contribution is -0.147. The summed E-state index contributed by atoms with van der Waals surface area (Å²) in [5.74, 6) is 1.15. The number of thiophene rings is 1. The highest BCUT2D eigenvalue weighted by Gasteiger charge is 2.40. The van der Waals surface area contributed by atoms with Crippen LogP contribution in [0.25, 0.3) is 0 Å². The minimum atomic E-state index is -0.569. The molecule has 2 aliphatic rings. The second-order valence-corrected chi connectivity index (χ2v) is 9.57. The van der Waals surface area contributed by atoms with E-state index in [9.17, 15) is 9.59 Å². The van der Waals surface area contributed by atoms with Crippen LogP contribution in [-0.4, -0.2) is 53.4 Å². The van der Waals surface area contributed by atoms with Crippen LogP contribution in [-0.2, 0) is 16.0 Å². The molecule has 0 bridgehead atoms. The summed E-state index contributed by atoms with van der Waals surface area (Å²) in [5, 5.41) is 2.59. The summed E-state index contributed by atoms with van der Waals surface area (Å²) < 4.78 is 5.87. The van der Waals surface area contributed by atoms with E-state index in [1.165, 1.54) is 0 Å². The Morgan fingerprint density at radius 1 is 1.23 bits per heavy atom. The van der Waals surface area contributed by atoms with Gasteiger partial charge in [0.1, 0.15) is 5.75 Å². The van der Waals surface area contributed by atoms with Crippen molar-refractivity contribution >= 4 is 34.8 Å². The molecule has 0 aliphatic carbocycles. The van der Waals surface area contributed by atoms with E-state index in [1.807, 2.05) is 39.4 Å². The molecule has 2 amide bonds. The molecule has 5 nitrogen and oxygen atoms in total. The van der Waals surface area contributed by atoms with E-state index >= 15 is 0 Å². The lowest BCUT2D eigenvalue weighted by Gasteiger charge is -2.47. The number of hydrogen-bond acceptors (Lipinski definition) is 4. The summed E-state index contributed by atoms with van der Waals surface area (Å²) in [4.78, 5) is 31.0. The van der Waals surface area contributed by atoms with Gasteiger partial charge in [-0.05, 0) is 61.7 Å². The van der Waals surface area contributed by atoms with Crippen LogP contribution in [0, 0.1) is 5.92 Å². The standard InChI is InChI=1S/C23H27ClN2O3S/c1-16(29-19-7-2-6-18(24)13-19)23(28)26-10-3-5-17-15-25(11-9-21(17)26)22(27)14-20-8-4-12-30-20/h2,4,6-8,12-13,16-17,21H,3,5,9-11,14-15H2,1H3/t16?,17-,21+/m1/s1. The molecule has 30 heavy (non-hydrogen) atoms. The molecule has 4 rings (SSSR count). The van der Waals surface area contributed by atoms with Crippen molar-refractivity contribution in [2.75, 3.05) is 19.6 Å². The number of halogens is 1. The highest BCUT2D eigenvalue weighted by molar-refractivity contribution is 7.10. The smallest absolute Gasteiger partial charge is 0.263 e. The van der Waals surface area contributed by atoms with Crippen molar-refractivity contribution in [3.05, 3.63) is 51.7 Å². The first-order chi connectivity index (χ1) is 14.5. The number of likely N-dealkylation sites (tertiary alicyclic amines) is 2. The predicted molar refractivity (Wildman–Crippen MR) is 119 cm³/mol. The summed E-state index contributed by atoms with van der Waals surface area (Å²) in [6.07, 6.45) is 2.75. The third-order valence-electron chi connectivity index (χ3n) is 6.07. The Morgan fingerprint density at radius 2 is 2.10 bits per heavy atom. The Morgan fingerprint density at radius 3 is 2.87 bits per heavy atom. The minimum absolute atomic E-state index is 0.0167. The molecule has 7 heteroatoms. The number of carbonyl (C=O) groups excluding carboxylic acids is 2. The Balaban J connectivity index is 1.37. The molecule has 1 aromatic heterocycles. The van der Waals surface area contributed by atoms with Crippen molar-refractivity contribution < 1.29 is 14.3 Å². The summed E-state index contributed by atoms with van der Waals surface area (Å²) in [6, 6.07) is 11.3. The fourth-order valence-electron chi connectivity index (χ4n) is 4.61. The van der Waals surface area contributed by atoms with Crippen LogP contribution < -0.4 is 4.74 Å². The van der Waals surface area contributed by atoms with Crippen LogP contribution in [0.1, 0.15) is 31.1 Å².